The second-order valence-electron chi connectivity index (χ2n) is 4.63. The summed E-state index contributed by atoms with van der Waals surface area (Å²) in [5, 5.41) is 4.60. The molecule has 1 fully saturated rings. The molecule has 0 saturated carbocycles. The Morgan fingerprint density at radius 3 is 2.86 bits per heavy atom. The van der Waals surface area contributed by atoms with Crippen molar-refractivity contribution >= 4 is 39.7 Å². The predicted molar refractivity (Wildman–Crippen MR) is 83.7 cm³/mol. The Kier molecular flexibility index (Phi) is 6.61. The molecule has 0 spiro atoms. The van der Waals surface area contributed by atoms with Crippen LogP contribution >= 0.6 is 23.7 Å². The largest absolute Gasteiger partial charge is 0.465 e. The van der Waals surface area contributed by atoms with Crippen molar-refractivity contribution in [2.45, 2.75) is 23.8 Å². The second kappa shape index (κ2) is 7.55. The lowest BCUT2D eigenvalue weighted by Crippen LogP contribution is -2.46. The zero-order valence-corrected chi connectivity index (χ0v) is 14.3. The molecule has 1 aliphatic heterocycles. The van der Waals surface area contributed by atoms with Crippen LogP contribution in [-0.2, 0) is 14.8 Å². The number of esters is 1. The van der Waals surface area contributed by atoms with Crippen LogP contribution in [-0.4, -0.2) is 52.0 Å². The third-order valence-corrected chi connectivity index (χ3v) is 6.29. The number of rotatable bonds is 4. The molecule has 6 nitrogen and oxygen atoms in total. The summed E-state index contributed by atoms with van der Waals surface area (Å²) in [5.74, 6) is -0.511. The van der Waals surface area contributed by atoms with Gasteiger partial charge in [0.05, 0.1) is 12.0 Å². The highest BCUT2D eigenvalue weighted by atomic mass is 35.5. The molecular formula is C12H19ClN2O4S2. The first-order chi connectivity index (χ1) is 9.48. The van der Waals surface area contributed by atoms with Crippen molar-refractivity contribution in [1.29, 1.82) is 0 Å². The maximum absolute atomic E-state index is 12.5. The number of carbonyl (C=O) groups is 1. The van der Waals surface area contributed by atoms with E-state index in [2.05, 4.69) is 10.1 Å². The minimum Gasteiger partial charge on any atom is -0.465 e. The van der Waals surface area contributed by atoms with Crippen molar-refractivity contribution < 1.29 is 17.9 Å². The summed E-state index contributed by atoms with van der Waals surface area (Å²) in [6.07, 6.45) is 1.80. The SMILES string of the molecule is CNC1CCCN(S(=O)(=O)c2csc(C(=O)OC)c2)C1.Cl. The van der Waals surface area contributed by atoms with E-state index in [-0.39, 0.29) is 23.3 Å². The molecule has 9 heteroatoms. The second-order valence-corrected chi connectivity index (χ2v) is 7.48. The molecule has 0 amide bonds. The molecule has 2 heterocycles. The van der Waals surface area contributed by atoms with Crippen LogP contribution in [0.3, 0.4) is 0 Å². The molecular weight excluding hydrogens is 336 g/mol. The molecule has 0 aromatic carbocycles. The van der Waals surface area contributed by atoms with E-state index in [1.807, 2.05) is 7.05 Å². The van der Waals surface area contributed by atoms with E-state index in [1.54, 1.807) is 0 Å². The maximum Gasteiger partial charge on any atom is 0.348 e. The van der Waals surface area contributed by atoms with Gasteiger partial charge in [0.2, 0.25) is 10.0 Å². The number of hydrogen-bond donors (Lipinski definition) is 1. The highest BCUT2D eigenvalue weighted by molar-refractivity contribution is 7.89. The van der Waals surface area contributed by atoms with Gasteiger partial charge in [0.25, 0.3) is 0 Å². The van der Waals surface area contributed by atoms with Crippen molar-refractivity contribution in [3.63, 3.8) is 0 Å². The van der Waals surface area contributed by atoms with Gasteiger partial charge in [-0.3, -0.25) is 0 Å². The predicted octanol–water partition coefficient (Wildman–Crippen LogP) is 1.33. The number of methoxy groups -OCH3 is 1. The molecule has 120 valence electrons. The van der Waals surface area contributed by atoms with E-state index < -0.39 is 16.0 Å². The van der Waals surface area contributed by atoms with Gasteiger partial charge in [-0.1, -0.05) is 0 Å². The summed E-state index contributed by atoms with van der Waals surface area (Å²) in [6.45, 7) is 0.978. The number of nitrogens with zero attached hydrogens (tertiary/aromatic N) is 1. The first kappa shape index (κ1) is 18.4. The number of piperidine rings is 1. The first-order valence-corrected chi connectivity index (χ1v) is 8.65. The van der Waals surface area contributed by atoms with E-state index in [0.29, 0.717) is 18.0 Å². The van der Waals surface area contributed by atoms with E-state index in [0.717, 1.165) is 24.2 Å². The monoisotopic (exact) mass is 354 g/mol. The zero-order valence-electron chi connectivity index (χ0n) is 11.9. The lowest BCUT2D eigenvalue weighted by Gasteiger charge is -2.31. The number of thiophene rings is 1. The third kappa shape index (κ3) is 3.95. The molecule has 0 aliphatic carbocycles. The maximum atomic E-state index is 12.5. The standard InChI is InChI=1S/C12H18N2O4S2.ClH/c1-13-9-4-3-5-14(7-9)20(16,17)10-6-11(19-8-10)12(15)18-2;/h6,8-9,13H,3-5,7H2,1-2H3;1H. The molecule has 1 saturated heterocycles. The molecule has 0 radical (unpaired) electrons. The fourth-order valence-electron chi connectivity index (χ4n) is 2.21. The zero-order chi connectivity index (χ0) is 14.8. The quantitative estimate of drug-likeness (QED) is 0.825. The van der Waals surface area contributed by atoms with Crippen LogP contribution in [0.2, 0.25) is 0 Å². The van der Waals surface area contributed by atoms with Crippen molar-refractivity contribution in [2.75, 3.05) is 27.2 Å². The number of likely N-dealkylation sites (N-methyl/N-ethyl adjacent to an activating group) is 1. The Morgan fingerprint density at radius 2 is 2.24 bits per heavy atom. The van der Waals surface area contributed by atoms with Crippen LogP contribution in [0.1, 0.15) is 22.5 Å². The Morgan fingerprint density at radius 1 is 1.52 bits per heavy atom. The lowest BCUT2D eigenvalue weighted by atomic mass is 10.1. The van der Waals surface area contributed by atoms with Crippen LogP contribution < -0.4 is 5.32 Å². The molecule has 1 atom stereocenters. The Balaban J connectivity index is 0.00000220. The highest BCUT2D eigenvalue weighted by Crippen LogP contribution is 2.25. The minimum absolute atomic E-state index is 0. The van der Waals surface area contributed by atoms with Gasteiger partial charge in [-0.2, -0.15) is 4.31 Å². The van der Waals surface area contributed by atoms with Gasteiger partial charge >= 0.3 is 5.97 Å². The average molecular weight is 355 g/mol. The number of hydrogen-bond acceptors (Lipinski definition) is 6. The fraction of sp³-hybridized carbons (Fsp3) is 0.583. The van der Waals surface area contributed by atoms with Crippen molar-refractivity contribution in [2.24, 2.45) is 0 Å². The topological polar surface area (TPSA) is 75.7 Å². The van der Waals surface area contributed by atoms with E-state index in [4.69, 9.17) is 0 Å². The van der Waals surface area contributed by atoms with Gasteiger partial charge in [-0.05, 0) is 26.0 Å². The third-order valence-electron chi connectivity index (χ3n) is 3.39. The van der Waals surface area contributed by atoms with E-state index in [1.165, 1.54) is 22.9 Å². The van der Waals surface area contributed by atoms with Gasteiger partial charge < -0.3 is 10.1 Å². The van der Waals surface area contributed by atoms with Crippen molar-refractivity contribution in [3.05, 3.63) is 16.3 Å². The van der Waals surface area contributed by atoms with Crippen LogP contribution in [0.15, 0.2) is 16.3 Å². The molecule has 1 unspecified atom stereocenters. The molecule has 1 N–H and O–H groups in total. The number of carbonyl (C=O) groups excluding carboxylic acids is 1. The van der Waals surface area contributed by atoms with Crippen LogP contribution in [0.4, 0.5) is 0 Å². The van der Waals surface area contributed by atoms with Crippen LogP contribution in [0.25, 0.3) is 0 Å². The van der Waals surface area contributed by atoms with E-state index in [9.17, 15) is 13.2 Å². The summed E-state index contributed by atoms with van der Waals surface area (Å²) in [6, 6.07) is 1.56. The lowest BCUT2D eigenvalue weighted by molar-refractivity contribution is 0.0606. The van der Waals surface area contributed by atoms with Crippen molar-refractivity contribution in [3.8, 4) is 0 Å². The first-order valence-electron chi connectivity index (χ1n) is 6.33. The van der Waals surface area contributed by atoms with Crippen molar-refractivity contribution in [1.82, 2.24) is 9.62 Å². The normalized spacial score (nSPS) is 19.8. The highest BCUT2D eigenvalue weighted by Gasteiger charge is 2.30. The van der Waals surface area contributed by atoms with Crippen LogP contribution in [0, 0.1) is 0 Å². The smallest absolute Gasteiger partial charge is 0.348 e. The van der Waals surface area contributed by atoms with Crippen LogP contribution in [0.5, 0.6) is 0 Å². The van der Waals surface area contributed by atoms with Gasteiger partial charge in [-0.25, -0.2) is 13.2 Å². The average Bonchev–Trinajstić information content (AvgIpc) is 2.97. The molecule has 1 aromatic heterocycles. The molecule has 21 heavy (non-hydrogen) atoms. The summed E-state index contributed by atoms with van der Waals surface area (Å²) < 4.78 is 31.1. The van der Waals surface area contributed by atoms with Gasteiger partial charge in [0.15, 0.2) is 0 Å². The van der Waals surface area contributed by atoms with E-state index >= 15 is 0 Å². The summed E-state index contributed by atoms with van der Waals surface area (Å²) in [7, 11) is -0.420. The Bertz CT molecular complexity index is 588. The summed E-state index contributed by atoms with van der Waals surface area (Å²) in [5.41, 5.74) is 0. The Hall–Kier alpha value is -0.670. The van der Waals surface area contributed by atoms with Gasteiger partial charge in [0.1, 0.15) is 4.88 Å². The van der Waals surface area contributed by atoms with Gasteiger partial charge in [0, 0.05) is 24.5 Å². The molecule has 2 rings (SSSR count). The van der Waals surface area contributed by atoms with Gasteiger partial charge in [-0.15, -0.1) is 23.7 Å². The minimum atomic E-state index is -3.53. The fourth-order valence-corrected chi connectivity index (χ4v) is 4.91. The Labute approximate surface area is 134 Å². The summed E-state index contributed by atoms with van der Waals surface area (Å²) >= 11 is 1.08. The number of nitrogens with one attached hydrogen (secondary N) is 1. The molecule has 1 aromatic rings. The summed E-state index contributed by atoms with van der Waals surface area (Å²) in [4.78, 5) is 11.9. The number of ether oxygens (including phenoxy) is 1. The number of halogens is 1. The molecule has 1 aliphatic rings. The number of sulfonamides is 1. The molecule has 0 bridgehead atoms.